The van der Waals surface area contributed by atoms with Gasteiger partial charge in [-0.25, -0.2) is 0 Å². The average molecular weight is 414 g/mol. The second-order valence-electron chi connectivity index (χ2n) is 7.26. The van der Waals surface area contributed by atoms with Gasteiger partial charge in [0.05, 0.1) is 43.3 Å². The molecule has 0 radical (unpaired) electrons. The predicted molar refractivity (Wildman–Crippen MR) is 109 cm³/mol. The summed E-state index contributed by atoms with van der Waals surface area (Å²) in [6.07, 6.45) is 1.59. The molecule has 0 unspecified atom stereocenters. The van der Waals surface area contributed by atoms with Gasteiger partial charge in [-0.15, -0.1) is 10.2 Å². The first-order valence-corrected chi connectivity index (χ1v) is 10.7. The fourth-order valence-corrected chi connectivity index (χ4v) is 4.30. The molecule has 1 saturated heterocycles. The first-order valence-electron chi connectivity index (χ1n) is 9.81. The summed E-state index contributed by atoms with van der Waals surface area (Å²) >= 11 is 1.30. The van der Waals surface area contributed by atoms with Crippen molar-refractivity contribution >= 4 is 17.7 Å². The van der Waals surface area contributed by atoms with Gasteiger partial charge in [0.25, 0.3) is 11.1 Å². The molecule has 2 aromatic heterocycles. The van der Waals surface area contributed by atoms with Crippen LogP contribution >= 0.6 is 11.8 Å². The maximum absolute atomic E-state index is 12.8. The lowest BCUT2D eigenvalue weighted by atomic mass is 10.2. The largest absolute Gasteiger partial charge is 0.469 e. The van der Waals surface area contributed by atoms with Gasteiger partial charge in [-0.05, 0) is 19.9 Å². The molecule has 4 rings (SSSR count). The third kappa shape index (κ3) is 4.71. The van der Waals surface area contributed by atoms with Crippen molar-refractivity contribution in [2.45, 2.75) is 30.9 Å². The van der Waals surface area contributed by atoms with Gasteiger partial charge in [0.2, 0.25) is 5.91 Å². The van der Waals surface area contributed by atoms with Gasteiger partial charge in [-0.1, -0.05) is 42.1 Å². The summed E-state index contributed by atoms with van der Waals surface area (Å²) in [5.74, 6) is 1.26. The number of thioether (sulfide) groups is 1. The molecule has 3 aromatic rings. The number of hydrogen-bond acceptors (Lipinski definition) is 6. The monoisotopic (exact) mass is 413 g/mol. The summed E-state index contributed by atoms with van der Waals surface area (Å²) in [5, 5.41) is 8.26. The van der Waals surface area contributed by atoms with E-state index in [1.165, 1.54) is 22.2 Å². The Labute approximate surface area is 174 Å². The number of carbonyl (C=O) groups excluding carboxylic acids is 1. The predicted octanol–water partition coefficient (Wildman–Crippen LogP) is 2.05. The lowest BCUT2D eigenvalue weighted by Gasteiger charge is -2.33. The molecular weight excluding hydrogens is 388 g/mol. The first-order chi connectivity index (χ1) is 14.1. The van der Waals surface area contributed by atoms with Crippen molar-refractivity contribution in [3.63, 3.8) is 0 Å². The lowest BCUT2D eigenvalue weighted by Crippen LogP contribution is -3.13. The van der Waals surface area contributed by atoms with E-state index in [-0.39, 0.29) is 11.2 Å². The van der Waals surface area contributed by atoms with E-state index in [1.54, 1.807) is 12.3 Å². The number of hydrogen-bond donors (Lipinski definition) is 1. The number of benzene rings is 1. The molecular formula is C21H25N4O3S+. The number of aryl methyl sites for hydroxylation is 1. The van der Waals surface area contributed by atoms with Crippen molar-refractivity contribution in [3.8, 4) is 11.5 Å². The number of piperazine rings is 1. The van der Waals surface area contributed by atoms with E-state index >= 15 is 0 Å². The minimum atomic E-state index is -0.274. The summed E-state index contributed by atoms with van der Waals surface area (Å²) in [6, 6.07) is 12.3. The second-order valence-corrected chi connectivity index (χ2v) is 8.55. The van der Waals surface area contributed by atoms with Crippen molar-refractivity contribution in [3.05, 3.63) is 54.0 Å². The Morgan fingerprint density at radius 1 is 1.21 bits per heavy atom. The van der Waals surface area contributed by atoms with Gasteiger partial charge in [-0.3, -0.25) is 4.79 Å². The molecule has 1 N–H and O–H groups in total. The van der Waals surface area contributed by atoms with Gasteiger partial charge in [0.15, 0.2) is 0 Å². The number of rotatable bonds is 6. The number of nitrogens with one attached hydrogen (secondary N) is 1. The van der Waals surface area contributed by atoms with Crippen LogP contribution in [-0.4, -0.2) is 52.4 Å². The Balaban J connectivity index is 1.29. The van der Waals surface area contributed by atoms with E-state index in [0.29, 0.717) is 11.1 Å². The van der Waals surface area contributed by atoms with E-state index in [1.807, 2.05) is 24.8 Å². The number of amides is 1. The molecule has 0 spiro atoms. The zero-order valence-electron chi connectivity index (χ0n) is 16.6. The molecule has 7 nitrogen and oxygen atoms in total. The van der Waals surface area contributed by atoms with Crippen LogP contribution in [0.4, 0.5) is 0 Å². The molecule has 152 valence electrons. The smallest absolute Gasteiger partial charge is 0.277 e. The van der Waals surface area contributed by atoms with Crippen LogP contribution in [-0.2, 0) is 11.3 Å². The summed E-state index contributed by atoms with van der Waals surface area (Å²) in [7, 11) is 0. The Hall–Kier alpha value is -2.58. The molecule has 3 heterocycles. The SMILES string of the molecule is Cc1occc1-c1nnc(S[C@@H](C)C(=O)N2CC[NH+](Cc3ccccc3)CC2)o1. The number of quaternary nitrogens is 1. The van der Waals surface area contributed by atoms with Gasteiger partial charge in [0.1, 0.15) is 12.3 Å². The number of aromatic nitrogens is 2. The van der Waals surface area contributed by atoms with E-state index < -0.39 is 0 Å². The Kier molecular flexibility index (Phi) is 6.01. The van der Waals surface area contributed by atoms with E-state index in [0.717, 1.165) is 44.0 Å². The molecule has 0 saturated carbocycles. The minimum absolute atomic E-state index is 0.119. The van der Waals surface area contributed by atoms with Crippen LogP contribution in [0.15, 0.2) is 56.7 Å². The Bertz CT molecular complexity index is 948. The van der Waals surface area contributed by atoms with Gasteiger partial charge < -0.3 is 18.6 Å². The number of furan rings is 1. The van der Waals surface area contributed by atoms with Crippen LogP contribution in [0.1, 0.15) is 18.2 Å². The molecule has 1 aromatic carbocycles. The van der Waals surface area contributed by atoms with Crippen molar-refractivity contribution in [1.29, 1.82) is 0 Å². The lowest BCUT2D eigenvalue weighted by molar-refractivity contribution is -0.917. The van der Waals surface area contributed by atoms with Crippen LogP contribution in [0.3, 0.4) is 0 Å². The molecule has 8 heteroatoms. The Morgan fingerprint density at radius 2 is 1.97 bits per heavy atom. The molecule has 1 fully saturated rings. The van der Waals surface area contributed by atoms with E-state index in [9.17, 15) is 4.79 Å². The van der Waals surface area contributed by atoms with Crippen LogP contribution in [0.5, 0.6) is 0 Å². The third-order valence-electron chi connectivity index (χ3n) is 5.20. The molecule has 0 aliphatic carbocycles. The average Bonchev–Trinajstić information content (AvgIpc) is 3.37. The molecule has 0 bridgehead atoms. The van der Waals surface area contributed by atoms with Gasteiger partial charge in [0, 0.05) is 5.56 Å². The van der Waals surface area contributed by atoms with Crippen molar-refractivity contribution in [2.24, 2.45) is 0 Å². The van der Waals surface area contributed by atoms with Crippen LogP contribution in [0.2, 0.25) is 0 Å². The highest BCUT2D eigenvalue weighted by molar-refractivity contribution is 8.00. The van der Waals surface area contributed by atoms with Crippen molar-refractivity contribution in [2.75, 3.05) is 26.2 Å². The topological polar surface area (TPSA) is 76.8 Å². The Morgan fingerprint density at radius 3 is 2.66 bits per heavy atom. The fourth-order valence-electron chi connectivity index (χ4n) is 3.54. The molecule has 1 atom stereocenters. The zero-order chi connectivity index (χ0) is 20.2. The molecule has 1 aliphatic heterocycles. The van der Waals surface area contributed by atoms with Crippen LogP contribution < -0.4 is 4.90 Å². The van der Waals surface area contributed by atoms with Crippen LogP contribution in [0.25, 0.3) is 11.5 Å². The summed E-state index contributed by atoms with van der Waals surface area (Å²) < 4.78 is 11.0. The quantitative estimate of drug-likeness (QED) is 0.624. The third-order valence-corrected chi connectivity index (χ3v) is 6.12. The zero-order valence-corrected chi connectivity index (χ0v) is 17.4. The highest BCUT2D eigenvalue weighted by Gasteiger charge is 2.28. The fraction of sp³-hybridized carbons (Fsp3) is 0.381. The molecule has 29 heavy (non-hydrogen) atoms. The van der Waals surface area contributed by atoms with E-state index in [2.05, 4.69) is 34.5 Å². The highest BCUT2D eigenvalue weighted by atomic mass is 32.2. The van der Waals surface area contributed by atoms with E-state index in [4.69, 9.17) is 8.83 Å². The van der Waals surface area contributed by atoms with Gasteiger partial charge in [-0.2, -0.15) is 0 Å². The normalized spacial score (nSPS) is 16.1. The van der Waals surface area contributed by atoms with Crippen molar-refractivity contribution in [1.82, 2.24) is 15.1 Å². The number of nitrogens with zero attached hydrogens (tertiary/aromatic N) is 3. The second kappa shape index (κ2) is 8.84. The molecule has 1 aliphatic rings. The van der Waals surface area contributed by atoms with Gasteiger partial charge >= 0.3 is 0 Å². The minimum Gasteiger partial charge on any atom is -0.469 e. The van der Waals surface area contributed by atoms with Crippen molar-refractivity contribution < 1.29 is 18.5 Å². The standard InChI is InChI=1S/C21H24N4O3S/c1-15-18(8-13-27-15)19-22-23-21(28-19)29-16(2)20(26)25-11-9-24(10-12-25)14-17-6-4-3-5-7-17/h3-8,13,16H,9-12,14H2,1-2H3/p+1/t16-/m0/s1. The maximum atomic E-state index is 12.8. The maximum Gasteiger partial charge on any atom is 0.277 e. The first kappa shape index (κ1) is 19.7. The number of carbonyl (C=O) groups is 1. The summed E-state index contributed by atoms with van der Waals surface area (Å²) in [5.41, 5.74) is 2.12. The molecule has 1 amide bonds. The summed E-state index contributed by atoms with van der Waals surface area (Å²) in [4.78, 5) is 16.3. The highest BCUT2D eigenvalue weighted by Crippen LogP contribution is 2.28. The van der Waals surface area contributed by atoms with Crippen LogP contribution in [0, 0.1) is 6.92 Å². The summed E-state index contributed by atoms with van der Waals surface area (Å²) in [6.45, 7) is 8.21.